The fourth-order valence-corrected chi connectivity index (χ4v) is 2.99. The van der Waals surface area contributed by atoms with Crippen molar-refractivity contribution in [2.75, 3.05) is 12.9 Å². The molecule has 0 spiro atoms. The van der Waals surface area contributed by atoms with Crippen molar-refractivity contribution in [1.82, 2.24) is 0 Å². The third-order valence-corrected chi connectivity index (χ3v) is 4.61. The summed E-state index contributed by atoms with van der Waals surface area (Å²) in [7, 11) is 0. The van der Waals surface area contributed by atoms with Crippen molar-refractivity contribution < 1.29 is 14.6 Å². The lowest BCUT2D eigenvalue weighted by Crippen LogP contribution is -2.27. The number of esters is 1. The maximum Gasteiger partial charge on any atom is 0.322 e. The van der Waals surface area contributed by atoms with Crippen LogP contribution in [0.15, 0.2) is 30.3 Å². The molecular weight excluding hydrogens is 296 g/mol. The van der Waals surface area contributed by atoms with E-state index in [4.69, 9.17) is 4.74 Å². The number of benzene rings is 1. The predicted molar refractivity (Wildman–Crippen MR) is 93.0 cm³/mol. The van der Waals surface area contributed by atoms with Crippen LogP contribution in [0.25, 0.3) is 0 Å². The minimum Gasteiger partial charge on any atom is -0.465 e. The Morgan fingerprint density at radius 2 is 1.77 bits per heavy atom. The summed E-state index contributed by atoms with van der Waals surface area (Å²) in [4.78, 5) is 12.1. The molecule has 3 nitrogen and oxygen atoms in total. The van der Waals surface area contributed by atoms with Crippen LogP contribution in [0.5, 0.6) is 0 Å². The summed E-state index contributed by atoms with van der Waals surface area (Å²) in [6.45, 7) is 2.64. The maximum absolute atomic E-state index is 12.1. The lowest BCUT2D eigenvalue weighted by molar-refractivity contribution is -0.145. The molecule has 0 aliphatic rings. The second-order valence-corrected chi connectivity index (χ2v) is 6.43. The highest BCUT2D eigenvalue weighted by atomic mass is 32.2. The van der Waals surface area contributed by atoms with Gasteiger partial charge in [0.05, 0.1) is 6.61 Å². The number of ether oxygens (including phenoxy) is 1. The van der Waals surface area contributed by atoms with Gasteiger partial charge in [0.2, 0.25) is 0 Å². The van der Waals surface area contributed by atoms with Gasteiger partial charge in [-0.3, -0.25) is 4.79 Å². The number of aliphatic hydroxyl groups is 1. The number of aliphatic hydroxyl groups excluding tert-OH is 1. The average Bonchev–Trinajstić information content (AvgIpc) is 2.55. The first kappa shape index (κ1) is 19.0. The number of thioether (sulfide) groups is 1. The van der Waals surface area contributed by atoms with Gasteiger partial charge in [0, 0.05) is 0 Å². The van der Waals surface area contributed by atoms with Gasteiger partial charge in [-0.1, -0.05) is 69.4 Å². The molecule has 0 bridgehead atoms. The molecule has 0 radical (unpaired) electrons. The van der Waals surface area contributed by atoms with Crippen molar-refractivity contribution >= 4 is 17.7 Å². The first-order valence-electron chi connectivity index (χ1n) is 8.13. The molecule has 0 aromatic heterocycles. The zero-order chi connectivity index (χ0) is 16.2. The molecule has 1 aromatic rings. The molecule has 0 heterocycles. The molecule has 1 rings (SSSR count). The first-order chi connectivity index (χ1) is 10.7. The van der Waals surface area contributed by atoms with E-state index in [1.807, 2.05) is 36.6 Å². The van der Waals surface area contributed by atoms with Crippen LogP contribution >= 0.6 is 11.8 Å². The Morgan fingerprint density at radius 1 is 1.14 bits per heavy atom. The Bertz CT molecular complexity index is 408. The summed E-state index contributed by atoms with van der Waals surface area (Å²) in [6.07, 6.45) is 7.96. The molecule has 124 valence electrons. The average molecular weight is 324 g/mol. The van der Waals surface area contributed by atoms with Crippen LogP contribution in [-0.4, -0.2) is 29.2 Å². The van der Waals surface area contributed by atoms with E-state index in [2.05, 4.69) is 6.92 Å². The number of carbonyl (C=O) groups is 1. The van der Waals surface area contributed by atoms with Crippen LogP contribution in [0.4, 0.5) is 0 Å². The number of hydrogen-bond donors (Lipinski definition) is 1. The van der Waals surface area contributed by atoms with Crippen LogP contribution in [0, 0.1) is 0 Å². The van der Waals surface area contributed by atoms with Crippen molar-refractivity contribution in [3.05, 3.63) is 35.9 Å². The highest BCUT2D eigenvalue weighted by Gasteiger charge is 2.28. The molecule has 0 unspecified atom stereocenters. The van der Waals surface area contributed by atoms with E-state index in [9.17, 15) is 9.90 Å². The third-order valence-electron chi connectivity index (χ3n) is 3.66. The smallest absolute Gasteiger partial charge is 0.322 e. The van der Waals surface area contributed by atoms with Gasteiger partial charge in [0.1, 0.15) is 11.4 Å². The van der Waals surface area contributed by atoms with Gasteiger partial charge in [-0.25, -0.2) is 0 Å². The van der Waals surface area contributed by atoms with Crippen molar-refractivity contribution in [1.29, 1.82) is 0 Å². The SMILES string of the molecule is CCCCCCCCOC(=O)[C@H](SC)[C@H](O)c1ccccc1. The summed E-state index contributed by atoms with van der Waals surface area (Å²) >= 11 is 1.33. The molecule has 0 aliphatic carbocycles. The molecule has 2 atom stereocenters. The van der Waals surface area contributed by atoms with E-state index < -0.39 is 11.4 Å². The van der Waals surface area contributed by atoms with Gasteiger partial charge in [-0.05, 0) is 18.2 Å². The Morgan fingerprint density at radius 3 is 2.41 bits per heavy atom. The molecule has 0 amide bonds. The number of rotatable bonds is 11. The highest BCUT2D eigenvalue weighted by molar-refractivity contribution is 7.99. The van der Waals surface area contributed by atoms with Crippen molar-refractivity contribution in [3.8, 4) is 0 Å². The molecule has 1 aromatic carbocycles. The zero-order valence-corrected chi connectivity index (χ0v) is 14.5. The first-order valence-corrected chi connectivity index (χ1v) is 9.42. The quantitative estimate of drug-likeness (QED) is 0.485. The summed E-state index contributed by atoms with van der Waals surface area (Å²) in [6, 6.07) is 9.26. The summed E-state index contributed by atoms with van der Waals surface area (Å²) in [5.41, 5.74) is 0.748. The summed E-state index contributed by atoms with van der Waals surface area (Å²) < 4.78 is 5.32. The highest BCUT2D eigenvalue weighted by Crippen LogP contribution is 2.26. The van der Waals surface area contributed by atoms with Crippen molar-refractivity contribution in [2.24, 2.45) is 0 Å². The summed E-state index contributed by atoms with van der Waals surface area (Å²) in [5, 5.41) is 9.76. The Labute approximate surface area is 138 Å². The number of unbranched alkanes of at least 4 members (excludes halogenated alkanes) is 5. The minimum absolute atomic E-state index is 0.322. The standard InChI is InChI=1S/C18H28O3S/c1-3-4-5-6-7-11-14-21-18(20)17(22-2)16(19)15-12-9-8-10-13-15/h8-10,12-13,16-17,19H,3-7,11,14H2,1-2H3/t16-,17-/m1/s1. The molecule has 22 heavy (non-hydrogen) atoms. The van der Waals surface area contributed by atoms with Gasteiger partial charge in [-0.2, -0.15) is 0 Å². The normalized spacial score (nSPS) is 13.6. The Kier molecular flexibility index (Phi) is 10.0. The molecule has 0 saturated heterocycles. The Balaban J connectivity index is 2.32. The fourth-order valence-electron chi connectivity index (χ4n) is 2.32. The van der Waals surface area contributed by atoms with Crippen LogP contribution in [-0.2, 0) is 9.53 Å². The Hall–Kier alpha value is -1.00. The van der Waals surface area contributed by atoms with Gasteiger partial charge in [0.15, 0.2) is 0 Å². The van der Waals surface area contributed by atoms with Gasteiger partial charge < -0.3 is 9.84 Å². The lowest BCUT2D eigenvalue weighted by atomic mass is 10.1. The topological polar surface area (TPSA) is 46.5 Å². The molecule has 0 fully saturated rings. The lowest BCUT2D eigenvalue weighted by Gasteiger charge is -2.20. The second kappa shape index (κ2) is 11.6. The maximum atomic E-state index is 12.1. The zero-order valence-electron chi connectivity index (χ0n) is 13.7. The second-order valence-electron chi connectivity index (χ2n) is 5.45. The van der Waals surface area contributed by atoms with Gasteiger partial charge in [0.25, 0.3) is 0 Å². The third kappa shape index (κ3) is 6.84. The molecular formula is C18H28O3S. The number of hydrogen-bond acceptors (Lipinski definition) is 4. The van der Waals surface area contributed by atoms with Crippen LogP contribution in [0.3, 0.4) is 0 Å². The largest absolute Gasteiger partial charge is 0.465 e. The van der Waals surface area contributed by atoms with E-state index in [0.29, 0.717) is 6.61 Å². The summed E-state index contributed by atoms with van der Waals surface area (Å²) in [5.74, 6) is -0.322. The van der Waals surface area contributed by atoms with E-state index >= 15 is 0 Å². The van der Waals surface area contributed by atoms with E-state index in [-0.39, 0.29) is 5.97 Å². The van der Waals surface area contributed by atoms with E-state index in [0.717, 1.165) is 18.4 Å². The van der Waals surface area contributed by atoms with Crippen molar-refractivity contribution in [2.45, 2.75) is 56.8 Å². The van der Waals surface area contributed by atoms with Crippen LogP contribution < -0.4 is 0 Å². The van der Waals surface area contributed by atoms with Crippen LogP contribution in [0.1, 0.15) is 57.1 Å². The van der Waals surface area contributed by atoms with E-state index in [1.54, 1.807) is 0 Å². The monoisotopic (exact) mass is 324 g/mol. The van der Waals surface area contributed by atoms with Gasteiger partial charge >= 0.3 is 5.97 Å². The molecule has 1 N–H and O–H groups in total. The van der Waals surface area contributed by atoms with Crippen molar-refractivity contribution in [3.63, 3.8) is 0 Å². The minimum atomic E-state index is -0.826. The van der Waals surface area contributed by atoms with E-state index in [1.165, 1.54) is 37.4 Å². The molecule has 0 aliphatic heterocycles. The fraction of sp³-hybridized carbons (Fsp3) is 0.611. The predicted octanol–water partition coefficient (Wildman–Crippen LogP) is 4.36. The molecule has 4 heteroatoms. The molecule has 0 saturated carbocycles. The van der Waals surface area contributed by atoms with Crippen LogP contribution in [0.2, 0.25) is 0 Å². The number of carbonyl (C=O) groups excluding carboxylic acids is 1. The van der Waals surface area contributed by atoms with Gasteiger partial charge in [-0.15, -0.1) is 11.8 Å².